The first-order chi connectivity index (χ1) is 10.8. The molecule has 1 aromatic rings. The molecule has 0 saturated heterocycles. The van der Waals surface area contributed by atoms with Gasteiger partial charge in [-0.15, -0.1) is 24.0 Å². The van der Waals surface area contributed by atoms with Crippen LogP contribution in [0.1, 0.15) is 43.7 Å². The van der Waals surface area contributed by atoms with Crippen molar-refractivity contribution >= 4 is 29.9 Å². The molecule has 1 aliphatic heterocycles. The van der Waals surface area contributed by atoms with Crippen LogP contribution in [0, 0.1) is 0 Å². The number of nitrogens with two attached hydrogens (primary N) is 1. The molecule has 0 radical (unpaired) electrons. The maximum Gasteiger partial charge on any atom is 0.188 e. The normalized spacial score (nSPS) is 14.9. The van der Waals surface area contributed by atoms with Gasteiger partial charge in [0.2, 0.25) is 0 Å². The van der Waals surface area contributed by atoms with Crippen LogP contribution in [0.5, 0.6) is 0 Å². The molecule has 5 heteroatoms. The number of unbranched alkanes of at least 4 members (excludes halogenated alkanes) is 3. The second-order valence-corrected chi connectivity index (χ2v) is 6.05. The average Bonchev–Trinajstić information content (AvgIpc) is 2.54. The number of benzene rings is 1. The number of hydrogen-bond acceptors (Lipinski definition) is 2. The van der Waals surface area contributed by atoms with Gasteiger partial charge in [-0.25, -0.2) is 0 Å². The third-order valence-corrected chi connectivity index (χ3v) is 4.24. The molecule has 1 heterocycles. The number of guanidine groups is 1. The minimum absolute atomic E-state index is 0. The van der Waals surface area contributed by atoms with Gasteiger partial charge >= 0.3 is 0 Å². The maximum atomic E-state index is 5.90. The molecule has 1 aromatic carbocycles. The Morgan fingerprint density at radius 2 is 2.00 bits per heavy atom. The first kappa shape index (κ1) is 20.2. The van der Waals surface area contributed by atoms with Crippen LogP contribution in [0.15, 0.2) is 29.3 Å². The van der Waals surface area contributed by atoms with Crippen molar-refractivity contribution in [3.8, 4) is 0 Å². The number of aliphatic imine (C=N–C) groups is 1. The topological polar surface area (TPSA) is 53.6 Å². The summed E-state index contributed by atoms with van der Waals surface area (Å²) in [6.45, 7) is 7.12. The van der Waals surface area contributed by atoms with Gasteiger partial charge in [-0.05, 0) is 24.0 Å². The second kappa shape index (κ2) is 11.7. The van der Waals surface area contributed by atoms with E-state index in [2.05, 4.69) is 46.4 Å². The number of fused-ring (bicyclic) bond motifs is 1. The van der Waals surface area contributed by atoms with Gasteiger partial charge in [0.1, 0.15) is 0 Å². The van der Waals surface area contributed by atoms with E-state index < -0.39 is 0 Å². The predicted molar refractivity (Wildman–Crippen MR) is 109 cm³/mol. The van der Waals surface area contributed by atoms with Crippen molar-refractivity contribution in [3.63, 3.8) is 0 Å². The molecule has 130 valence electrons. The molecule has 0 spiro atoms. The third-order valence-electron chi connectivity index (χ3n) is 4.24. The molecule has 0 aromatic heterocycles. The Morgan fingerprint density at radius 3 is 2.78 bits per heavy atom. The Balaban J connectivity index is 0.00000264. The molecular weight excluding hydrogens is 399 g/mol. The SMILES string of the molecule is CCCCCCN=C(N)NCCN1CCc2ccccc2C1.I. The van der Waals surface area contributed by atoms with E-state index in [-0.39, 0.29) is 24.0 Å². The molecule has 4 nitrogen and oxygen atoms in total. The predicted octanol–water partition coefficient (Wildman–Crippen LogP) is 3.15. The third kappa shape index (κ3) is 7.52. The molecule has 0 amide bonds. The van der Waals surface area contributed by atoms with Crippen molar-refractivity contribution in [1.82, 2.24) is 10.2 Å². The summed E-state index contributed by atoms with van der Waals surface area (Å²) in [7, 11) is 0. The van der Waals surface area contributed by atoms with Gasteiger partial charge < -0.3 is 11.1 Å². The van der Waals surface area contributed by atoms with Crippen molar-refractivity contribution in [2.24, 2.45) is 10.7 Å². The van der Waals surface area contributed by atoms with Gasteiger partial charge in [0, 0.05) is 32.7 Å². The fourth-order valence-corrected chi connectivity index (χ4v) is 2.88. The van der Waals surface area contributed by atoms with E-state index in [4.69, 9.17) is 5.73 Å². The Hall–Kier alpha value is -0.820. The lowest BCUT2D eigenvalue weighted by Crippen LogP contribution is -2.40. The summed E-state index contributed by atoms with van der Waals surface area (Å²) in [6.07, 6.45) is 6.09. The van der Waals surface area contributed by atoms with Crippen LogP contribution in [0.25, 0.3) is 0 Å². The molecule has 1 aliphatic rings. The molecule has 23 heavy (non-hydrogen) atoms. The smallest absolute Gasteiger partial charge is 0.188 e. The number of nitrogens with zero attached hydrogens (tertiary/aromatic N) is 2. The lowest BCUT2D eigenvalue weighted by Gasteiger charge is -2.28. The Kier molecular flexibility index (Phi) is 10.3. The highest BCUT2D eigenvalue weighted by Gasteiger charge is 2.14. The van der Waals surface area contributed by atoms with Crippen LogP contribution < -0.4 is 11.1 Å². The zero-order valence-electron chi connectivity index (χ0n) is 14.3. The minimum Gasteiger partial charge on any atom is -0.370 e. The first-order valence-corrected chi connectivity index (χ1v) is 8.62. The highest BCUT2D eigenvalue weighted by molar-refractivity contribution is 14.0. The first-order valence-electron chi connectivity index (χ1n) is 8.62. The van der Waals surface area contributed by atoms with E-state index in [1.807, 2.05) is 0 Å². The van der Waals surface area contributed by atoms with Gasteiger partial charge in [0.15, 0.2) is 5.96 Å². The van der Waals surface area contributed by atoms with E-state index in [0.29, 0.717) is 5.96 Å². The largest absolute Gasteiger partial charge is 0.370 e. The Morgan fingerprint density at radius 1 is 1.22 bits per heavy atom. The van der Waals surface area contributed by atoms with Gasteiger partial charge in [-0.2, -0.15) is 0 Å². The fourth-order valence-electron chi connectivity index (χ4n) is 2.88. The summed E-state index contributed by atoms with van der Waals surface area (Å²) in [5, 5.41) is 3.23. The van der Waals surface area contributed by atoms with Crippen molar-refractivity contribution < 1.29 is 0 Å². The van der Waals surface area contributed by atoms with E-state index in [9.17, 15) is 0 Å². The zero-order chi connectivity index (χ0) is 15.6. The summed E-state index contributed by atoms with van der Waals surface area (Å²) in [6, 6.07) is 8.74. The summed E-state index contributed by atoms with van der Waals surface area (Å²) in [4.78, 5) is 6.86. The number of nitrogens with one attached hydrogen (secondary N) is 1. The van der Waals surface area contributed by atoms with Crippen LogP contribution in [-0.2, 0) is 13.0 Å². The molecular formula is C18H31IN4. The van der Waals surface area contributed by atoms with Crippen LogP contribution in [-0.4, -0.2) is 37.0 Å². The molecule has 2 rings (SSSR count). The van der Waals surface area contributed by atoms with E-state index in [1.54, 1.807) is 0 Å². The quantitative estimate of drug-likeness (QED) is 0.288. The van der Waals surface area contributed by atoms with Crippen molar-refractivity contribution in [2.75, 3.05) is 26.2 Å². The molecule has 3 N–H and O–H groups in total. The van der Waals surface area contributed by atoms with Crippen molar-refractivity contribution in [3.05, 3.63) is 35.4 Å². The van der Waals surface area contributed by atoms with Crippen LogP contribution in [0.2, 0.25) is 0 Å². The lowest BCUT2D eigenvalue weighted by molar-refractivity contribution is 0.258. The van der Waals surface area contributed by atoms with Gasteiger partial charge in [-0.1, -0.05) is 50.5 Å². The Bertz CT molecular complexity index is 476. The lowest BCUT2D eigenvalue weighted by atomic mass is 10.00. The molecule has 0 atom stereocenters. The van der Waals surface area contributed by atoms with Crippen LogP contribution in [0.4, 0.5) is 0 Å². The number of rotatable bonds is 8. The Labute approximate surface area is 157 Å². The minimum atomic E-state index is 0. The molecule has 0 unspecified atom stereocenters. The number of hydrogen-bond donors (Lipinski definition) is 2. The van der Waals surface area contributed by atoms with Crippen LogP contribution in [0.3, 0.4) is 0 Å². The van der Waals surface area contributed by atoms with E-state index >= 15 is 0 Å². The highest BCUT2D eigenvalue weighted by Crippen LogP contribution is 2.17. The summed E-state index contributed by atoms with van der Waals surface area (Å²) in [5.74, 6) is 0.592. The van der Waals surface area contributed by atoms with Crippen molar-refractivity contribution in [1.29, 1.82) is 0 Å². The molecule has 0 fully saturated rings. The molecule has 0 saturated carbocycles. The summed E-state index contributed by atoms with van der Waals surface area (Å²) in [5.41, 5.74) is 8.87. The maximum absolute atomic E-state index is 5.90. The van der Waals surface area contributed by atoms with E-state index in [0.717, 1.165) is 45.6 Å². The number of halogens is 1. The standard InChI is InChI=1S/C18H30N4.HI/c1-2-3-4-7-11-20-18(19)21-12-14-22-13-10-16-8-5-6-9-17(16)15-22;/h5-6,8-9H,2-4,7,10-15H2,1H3,(H3,19,20,21);1H. The second-order valence-electron chi connectivity index (χ2n) is 6.05. The monoisotopic (exact) mass is 430 g/mol. The van der Waals surface area contributed by atoms with Crippen molar-refractivity contribution in [2.45, 2.75) is 45.6 Å². The molecule has 0 aliphatic carbocycles. The van der Waals surface area contributed by atoms with Gasteiger partial charge in [0.05, 0.1) is 0 Å². The molecule has 0 bridgehead atoms. The van der Waals surface area contributed by atoms with Gasteiger partial charge in [0.25, 0.3) is 0 Å². The fraction of sp³-hybridized carbons (Fsp3) is 0.611. The summed E-state index contributed by atoms with van der Waals surface area (Å²) >= 11 is 0. The van der Waals surface area contributed by atoms with E-state index in [1.165, 1.54) is 30.4 Å². The van der Waals surface area contributed by atoms with Gasteiger partial charge in [-0.3, -0.25) is 9.89 Å². The highest BCUT2D eigenvalue weighted by atomic mass is 127. The summed E-state index contributed by atoms with van der Waals surface area (Å²) < 4.78 is 0. The zero-order valence-corrected chi connectivity index (χ0v) is 16.6. The van der Waals surface area contributed by atoms with Crippen LogP contribution >= 0.6 is 24.0 Å². The average molecular weight is 430 g/mol.